The quantitative estimate of drug-likeness (QED) is 0.387. The van der Waals surface area contributed by atoms with Crippen LogP contribution in [-0.4, -0.2) is 54.7 Å². The standard InChI is InChI=1S/C29H38O8/c1-31-23-11-10-18(13-24(23)32-2)12-21-16-36-27(22(21)17-37-29(30)19-8-6-7-9-19)20-14-25(33-3)28(35-5)26(15-20)34-4/h10-11,13-15,19,21-22,27H,6-9,12,16-17H2,1-5H3/t21-,22-,27+/m0/s1. The van der Waals surface area contributed by atoms with Crippen LogP contribution in [0.15, 0.2) is 30.3 Å². The lowest BCUT2D eigenvalue weighted by Crippen LogP contribution is -2.26. The van der Waals surface area contributed by atoms with Crippen LogP contribution in [0.4, 0.5) is 0 Å². The monoisotopic (exact) mass is 514 g/mol. The van der Waals surface area contributed by atoms with Crippen molar-refractivity contribution in [3.8, 4) is 28.7 Å². The molecule has 0 amide bonds. The molecule has 1 saturated heterocycles. The molecule has 2 aromatic carbocycles. The van der Waals surface area contributed by atoms with Gasteiger partial charge in [0.05, 0.1) is 60.8 Å². The molecule has 4 rings (SSSR count). The first-order chi connectivity index (χ1) is 18.0. The van der Waals surface area contributed by atoms with Crippen molar-refractivity contribution < 1.29 is 38.0 Å². The smallest absolute Gasteiger partial charge is 0.308 e. The van der Waals surface area contributed by atoms with Crippen LogP contribution in [0.1, 0.15) is 42.9 Å². The molecule has 8 heteroatoms. The molecular formula is C29H38O8. The first-order valence-electron chi connectivity index (χ1n) is 12.8. The van der Waals surface area contributed by atoms with E-state index in [1.54, 1.807) is 35.5 Å². The molecule has 0 unspecified atom stereocenters. The lowest BCUT2D eigenvalue weighted by atomic mass is 9.84. The van der Waals surface area contributed by atoms with Crippen molar-refractivity contribution in [3.05, 3.63) is 41.5 Å². The Bertz CT molecular complexity index is 1040. The molecule has 0 N–H and O–H groups in total. The third-order valence-electron chi connectivity index (χ3n) is 7.55. The van der Waals surface area contributed by atoms with Gasteiger partial charge in [0.1, 0.15) is 0 Å². The van der Waals surface area contributed by atoms with E-state index in [1.807, 2.05) is 30.3 Å². The van der Waals surface area contributed by atoms with E-state index in [1.165, 1.54) is 0 Å². The van der Waals surface area contributed by atoms with E-state index >= 15 is 0 Å². The Morgan fingerprint density at radius 3 is 2.08 bits per heavy atom. The lowest BCUT2D eigenvalue weighted by Gasteiger charge is -2.25. The summed E-state index contributed by atoms with van der Waals surface area (Å²) in [6, 6.07) is 9.77. The maximum atomic E-state index is 12.8. The molecule has 2 aliphatic rings. The number of methoxy groups -OCH3 is 5. The largest absolute Gasteiger partial charge is 0.493 e. The van der Waals surface area contributed by atoms with Gasteiger partial charge in [-0.1, -0.05) is 18.9 Å². The molecule has 1 saturated carbocycles. The van der Waals surface area contributed by atoms with Crippen LogP contribution in [0.2, 0.25) is 0 Å². The Kier molecular flexibility index (Phi) is 9.03. The van der Waals surface area contributed by atoms with Gasteiger partial charge < -0.3 is 33.2 Å². The zero-order chi connectivity index (χ0) is 26.4. The van der Waals surface area contributed by atoms with Gasteiger partial charge in [-0.2, -0.15) is 0 Å². The number of hydrogen-bond donors (Lipinski definition) is 0. The number of hydrogen-bond acceptors (Lipinski definition) is 8. The third-order valence-corrected chi connectivity index (χ3v) is 7.55. The molecule has 1 heterocycles. The molecule has 0 aromatic heterocycles. The summed E-state index contributed by atoms with van der Waals surface area (Å²) in [6.07, 6.45) is 4.43. The SMILES string of the molecule is COc1ccc(C[C@H]2CO[C@H](c3cc(OC)c(OC)c(OC)c3)[C@H]2COC(=O)C2CCCC2)cc1OC. The van der Waals surface area contributed by atoms with Crippen molar-refractivity contribution in [2.75, 3.05) is 48.8 Å². The second-order valence-electron chi connectivity index (χ2n) is 9.64. The molecule has 0 radical (unpaired) electrons. The first-order valence-corrected chi connectivity index (χ1v) is 12.8. The van der Waals surface area contributed by atoms with Gasteiger partial charge in [-0.05, 0) is 60.6 Å². The van der Waals surface area contributed by atoms with Crippen LogP contribution in [0.3, 0.4) is 0 Å². The third kappa shape index (κ3) is 5.90. The normalized spacial score (nSPS) is 21.5. The fraction of sp³-hybridized carbons (Fsp3) is 0.552. The maximum Gasteiger partial charge on any atom is 0.308 e. The topological polar surface area (TPSA) is 81.7 Å². The van der Waals surface area contributed by atoms with Gasteiger partial charge in [0.25, 0.3) is 0 Å². The minimum atomic E-state index is -0.296. The molecule has 3 atom stereocenters. The highest BCUT2D eigenvalue weighted by Crippen LogP contribution is 2.46. The highest BCUT2D eigenvalue weighted by atomic mass is 16.5. The first kappa shape index (κ1) is 26.9. The highest BCUT2D eigenvalue weighted by molar-refractivity contribution is 5.72. The zero-order valence-corrected chi connectivity index (χ0v) is 22.4. The van der Waals surface area contributed by atoms with Crippen molar-refractivity contribution in [1.82, 2.24) is 0 Å². The van der Waals surface area contributed by atoms with Crippen LogP contribution < -0.4 is 23.7 Å². The summed E-state index contributed by atoms with van der Waals surface area (Å²) in [4.78, 5) is 12.8. The van der Waals surface area contributed by atoms with Crippen LogP contribution in [0.25, 0.3) is 0 Å². The van der Waals surface area contributed by atoms with Gasteiger partial charge in [0.15, 0.2) is 23.0 Å². The van der Waals surface area contributed by atoms with Gasteiger partial charge in [0, 0.05) is 5.92 Å². The van der Waals surface area contributed by atoms with E-state index in [-0.39, 0.29) is 36.4 Å². The second-order valence-corrected chi connectivity index (χ2v) is 9.64. The number of carbonyl (C=O) groups is 1. The second kappa shape index (κ2) is 12.4. The Morgan fingerprint density at radius 1 is 0.838 bits per heavy atom. The number of rotatable bonds is 11. The molecule has 2 fully saturated rings. The summed E-state index contributed by atoms with van der Waals surface area (Å²) in [5.74, 6) is 2.99. The van der Waals surface area contributed by atoms with Crippen molar-refractivity contribution in [3.63, 3.8) is 0 Å². The Hall–Kier alpha value is -3.13. The van der Waals surface area contributed by atoms with Gasteiger partial charge in [-0.3, -0.25) is 4.79 Å². The van der Waals surface area contributed by atoms with Crippen LogP contribution in [0.5, 0.6) is 28.7 Å². The molecule has 1 aliphatic heterocycles. The molecule has 202 valence electrons. The predicted molar refractivity (Wildman–Crippen MR) is 138 cm³/mol. The molecule has 37 heavy (non-hydrogen) atoms. The Labute approximate surface area is 219 Å². The van der Waals surface area contributed by atoms with Crippen molar-refractivity contribution in [1.29, 1.82) is 0 Å². The summed E-state index contributed by atoms with van der Waals surface area (Å²) < 4.78 is 39.8. The van der Waals surface area contributed by atoms with Gasteiger partial charge in [-0.25, -0.2) is 0 Å². The summed E-state index contributed by atoms with van der Waals surface area (Å²) in [5.41, 5.74) is 2.00. The molecule has 2 aromatic rings. The average molecular weight is 515 g/mol. The summed E-state index contributed by atoms with van der Waals surface area (Å²) in [6.45, 7) is 0.815. The minimum Gasteiger partial charge on any atom is -0.493 e. The summed E-state index contributed by atoms with van der Waals surface area (Å²) in [7, 11) is 8.02. The number of carbonyl (C=O) groups excluding carboxylic acids is 1. The fourth-order valence-electron chi connectivity index (χ4n) is 5.53. The molecule has 8 nitrogen and oxygen atoms in total. The van der Waals surface area contributed by atoms with Crippen LogP contribution in [-0.2, 0) is 20.7 Å². The van der Waals surface area contributed by atoms with Gasteiger partial charge in [0.2, 0.25) is 5.75 Å². The molecule has 0 spiro atoms. The highest BCUT2D eigenvalue weighted by Gasteiger charge is 2.40. The summed E-state index contributed by atoms with van der Waals surface area (Å²) in [5, 5.41) is 0. The van der Waals surface area contributed by atoms with Crippen molar-refractivity contribution in [2.24, 2.45) is 17.8 Å². The van der Waals surface area contributed by atoms with E-state index in [4.69, 9.17) is 33.2 Å². The van der Waals surface area contributed by atoms with E-state index in [0.29, 0.717) is 35.4 Å². The number of ether oxygens (including phenoxy) is 7. The Balaban J connectivity index is 1.61. The van der Waals surface area contributed by atoms with Crippen molar-refractivity contribution >= 4 is 5.97 Å². The van der Waals surface area contributed by atoms with Crippen LogP contribution in [0, 0.1) is 17.8 Å². The zero-order valence-electron chi connectivity index (χ0n) is 22.4. The fourth-order valence-corrected chi connectivity index (χ4v) is 5.53. The van der Waals surface area contributed by atoms with Gasteiger partial charge >= 0.3 is 5.97 Å². The summed E-state index contributed by atoms with van der Waals surface area (Å²) >= 11 is 0. The molecular weight excluding hydrogens is 476 g/mol. The minimum absolute atomic E-state index is 0.00578. The number of benzene rings is 2. The molecule has 1 aliphatic carbocycles. The van der Waals surface area contributed by atoms with Gasteiger partial charge in [-0.15, -0.1) is 0 Å². The van der Waals surface area contributed by atoms with E-state index < -0.39 is 0 Å². The molecule has 0 bridgehead atoms. The van der Waals surface area contributed by atoms with E-state index in [0.717, 1.165) is 43.2 Å². The lowest BCUT2D eigenvalue weighted by molar-refractivity contribution is -0.150. The van der Waals surface area contributed by atoms with E-state index in [9.17, 15) is 4.79 Å². The van der Waals surface area contributed by atoms with E-state index in [2.05, 4.69) is 0 Å². The predicted octanol–water partition coefficient (Wildman–Crippen LogP) is 5.01. The number of esters is 1. The Morgan fingerprint density at radius 2 is 1.49 bits per heavy atom. The van der Waals surface area contributed by atoms with Crippen molar-refractivity contribution in [2.45, 2.75) is 38.2 Å². The average Bonchev–Trinajstić information content (AvgIpc) is 3.61. The van der Waals surface area contributed by atoms with Crippen LogP contribution >= 0.6 is 0 Å². The maximum absolute atomic E-state index is 12.8.